The van der Waals surface area contributed by atoms with Crippen LogP contribution in [0.5, 0.6) is 0 Å². The lowest BCUT2D eigenvalue weighted by molar-refractivity contribution is 0.721. The molecular formula is C11H13N. The van der Waals surface area contributed by atoms with Crippen LogP contribution in [-0.2, 0) is 12.8 Å². The summed E-state index contributed by atoms with van der Waals surface area (Å²) in [4.78, 5) is 0. The zero-order valence-electron chi connectivity index (χ0n) is 7.09. The summed E-state index contributed by atoms with van der Waals surface area (Å²) in [5.41, 5.74) is 9.86. The summed E-state index contributed by atoms with van der Waals surface area (Å²) in [5, 5.41) is 0. The maximum Gasteiger partial charge on any atom is 0.0120 e. The Bertz CT molecular complexity index is 315. The summed E-state index contributed by atoms with van der Waals surface area (Å²) < 4.78 is 0. The average molecular weight is 159 g/mol. The van der Waals surface area contributed by atoms with Gasteiger partial charge in [0.1, 0.15) is 0 Å². The minimum atomic E-state index is 0.333. The van der Waals surface area contributed by atoms with Gasteiger partial charge in [0.25, 0.3) is 0 Å². The van der Waals surface area contributed by atoms with Crippen molar-refractivity contribution in [2.45, 2.75) is 18.9 Å². The highest BCUT2D eigenvalue weighted by Crippen LogP contribution is 2.22. The normalized spacial score (nSPS) is 20.6. The van der Waals surface area contributed by atoms with Crippen LogP contribution in [0, 0.1) is 0 Å². The van der Waals surface area contributed by atoms with E-state index in [4.69, 9.17) is 5.73 Å². The van der Waals surface area contributed by atoms with Crippen LogP contribution in [0.2, 0.25) is 0 Å². The second-order valence-corrected chi connectivity index (χ2v) is 3.40. The fourth-order valence-corrected chi connectivity index (χ4v) is 1.80. The van der Waals surface area contributed by atoms with Gasteiger partial charge >= 0.3 is 0 Å². The van der Waals surface area contributed by atoms with E-state index in [1.807, 2.05) is 6.08 Å². The molecule has 12 heavy (non-hydrogen) atoms. The van der Waals surface area contributed by atoms with E-state index < -0.39 is 0 Å². The fraction of sp³-hybridized carbons (Fsp3) is 0.273. The zero-order chi connectivity index (χ0) is 8.55. The molecule has 0 saturated carbocycles. The molecule has 0 radical (unpaired) electrons. The quantitative estimate of drug-likeness (QED) is 0.663. The molecule has 1 atom stereocenters. The van der Waals surface area contributed by atoms with Gasteiger partial charge in [-0.1, -0.05) is 30.9 Å². The van der Waals surface area contributed by atoms with Crippen molar-refractivity contribution in [2.75, 3.05) is 0 Å². The predicted octanol–water partition coefficient (Wildman–Crippen LogP) is 1.76. The largest absolute Gasteiger partial charge is 0.327 e. The molecule has 0 amide bonds. The summed E-state index contributed by atoms with van der Waals surface area (Å²) in [6.45, 7) is 3.74. The lowest BCUT2D eigenvalue weighted by Gasteiger charge is -1.98. The highest BCUT2D eigenvalue weighted by Gasteiger charge is 2.17. The van der Waals surface area contributed by atoms with Crippen LogP contribution < -0.4 is 5.73 Å². The van der Waals surface area contributed by atoms with Gasteiger partial charge in [0.2, 0.25) is 0 Å². The molecule has 0 aliphatic heterocycles. The van der Waals surface area contributed by atoms with Crippen molar-refractivity contribution in [3.05, 3.63) is 41.5 Å². The molecule has 62 valence electrons. The topological polar surface area (TPSA) is 26.0 Å². The van der Waals surface area contributed by atoms with E-state index in [2.05, 4.69) is 24.8 Å². The third-order valence-electron chi connectivity index (χ3n) is 2.43. The molecule has 0 saturated heterocycles. The minimum absolute atomic E-state index is 0.333. The van der Waals surface area contributed by atoms with E-state index in [9.17, 15) is 0 Å². The number of hydrogen-bond donors (Lipinski definition) is 1. The lowest BCUT2D eigenvalue weighted by Crippen LogP contribution is -2.18. The second-order valence-electron chi connectivity index (χ2n) is 3.40. The zero-order valence-corrected chi connectivity index (χ0v) is 7.09. The SMILES string of the molecule is C=Cc1ccc2c(c1)C[C@H](N)C2. The first kappa shape index (κ1) is 7.56. The highest BCUT2D eigenvalue weighted by atomic mass is 14.6. The molecule has 1 aliphatic rings. The summed E-state index contributed by atoms with van der Waals surface area (Å²) in [6.07, 6.45) is 3.94. The van der Waals surface area contributed by atoms with Crippen LogP contribution in [0.3, 0.4) is 0 Å². The van der Waals surface area contributed by atoms with Gasteiger partial charge in [0.05, 0.1) is 0 Å². The van der Waals surface area contributed by atoms with Gasteiger partial charge < -0.3 is 5.73 Å². The molecule has 0 unspecified atom stereocenters. The Morgan fingerprint density at radius 3 is 2.83 bits per heavy atom. The lowest BCUT2D eigenvalue weighted by atomic mass is 10.1. The second kappa shape index (κ2) is 2.76. The van der Waals surface area contributed by atoms with Gasteiger partial charge in [-0.2, -0.15) is 0 Å². The fourth-order valence-electron chi connectivity index (χ4n) is 1.80. The first-order chi connectivity index (χ1) is 5.79. The minimum Gasteiger partial charge on any atom is -0.327 e. The van der Waals surface area contributed by atoms with Gasteiger partial charge in [0.15, 0.2) is 0 Å². The van der Waals surface area contributed by atoms with Crippen LogP contribution >= 0.6 is 0 Å². The molecule has 0 aromatic heterocycles. The molecule has 0 spiro atoms. The number of fused-ring (bicyclic) bond motifs is 1. The third kappa shape index (κ3) is 1.16. The Morgan fingerprint density at radius 2 is 2.08 bits per heavy atom. The average Bonchev–Trinajstić information content (AvgIpc) is 2.43. The molecule has 1 heteroatoms. The summed E-state index contributed by atoms with van der Waals surface area (Å²) in [5.74, 6) is 0. The van der Waals surface area contributed by atoms with Gasteiger partial charge in [0, 0.05) is 6.04 Å². The van der Waals surface area contributed by atoms with E-state index in [0.717, 1.165) is 12.8 Å². The van der Waals surface area contributed by atoms with Gasteiger partial charge in [-0.25, -0.2) is 0 Å². The molecule has 0 heterocycles. The Labute approximate surface area is 72.9 Å². The maximum atomic E-state index is 5.85. The molecule has 1 aromatic carbocycles. The van der Waals surface area contributed by atoms with Crippen LogP contribution in [0.4, 0.5) is 0 Å². The Hall–Kier alpha value is -1.08. The summed E-state index contributed by atoms with van der Waals surface area (Å²) in [7, 11) is 0. The van der Waals surface area contributed by atoms with E-state index in [0.29, 0.717) is 6.04 Å². The van der Waals surface area contributed by atoms with E-state index >= 15 is 0 Å². The van der Waals surface area contributed by atoms with Crippen LogP contribution in [0.25, 0.3) is 6.08 Å². The number of nitrogens with two attached hydrogens (primary N) is 1. The van der Waals surface area contributed by atoms with Crippen molar-refractivity contribution >= 4 is 6.08 Å². The van der Waals surface area contributed by atoms with E-state index in [1.54, 1.807) is 0 Å². The third-order valence-corrected chi connectivity index (χ3v) is 2.43. The van der Waals surface area contributed by atoms with Crippen molar-refractivity contribution in [3.63, 3.8) is 0 Å². The Balaban J connectivity index is 2.41. The molecule has 2 rings (SSSR count). The van der Waals surface area contributed by atoms with Gasteiger partial charge in [-0.05, 0) is 29.5 Å². The Kier molecular flexibility index (Phi) is 1.74. The number of benzene rings is 1. The van der Waals surface area contributed by atoms with Gasteiger partial charge in [-0.3, -0.25) is 0 Å². The van der Waals surface area contributed by atoms with Crippen molar-refractivity contribution in [2.24, 2.45) is 5.73 Å². The molecular weight excluding hydrogens is 146 g/mol. The standard InChI is InChI=1S/C11H13N/c1-2-8-3-4-9-6-11(12)7-10(9)5-8/h2-5,11H,1,6-7,12H2/t11-/m1/s1. The number of rotatable bonds is 1. The van der Waals surface area contributed by atoms with Crippen molar-refractivity contribution in [3.8, 4) is 0 Å². The number of hydrogen-bond acceptors (Lipinski definition) is 1. The van der Waals surface area contributed by atoms with Crippen LogP contribution in [-0.4, -0.2) is 6.04 Å². The van der Waals surface area contributed by atoms with E-state index in [-0.39, 0.29) is 0 Å². The monoisotopic (exact) mass is 159 g/mol. The molecule has 1 nitrogen and oxygen atoms in total. The molecule has 1 aliphatic carbocycles. The molecule has 2 N–H and O–H groups in total. The maximum absolute atomic E-state index is 5.85. The molecule has 0 bridgehead atoms. The van der Waals surface area contributed by atoms with Crippen molar-refractivity contribution in [1.82, 2.24) is 0 Å². The summed E-state index contributed by atoms with van der Waals surface area (Å²) in [6, 6.07) is 6.79. The smallest absolute Gasteiger partial charge is 0.0120 e. The highest BCUT2D eigenvalue weighted by molar-refractivity contribution is 5.51. The Morgan fingerprint density at radius 1 is 1.33 bits per heavy atom. The van der Waals surface area contributed by atoms with Crippen LogP contribution in [0.15, 0.2) is 24.8 Å². The van der Waals surface area contributed by atoms with Crippen molar-refractivity contribution < 1.29 is 0 Å². The molecule has 1 aromatic rings. The van der Waals surface area contributed by atoms with E-state index in [1.165, 1.54) is 16.7 Å². The predicted molar refractivity (Wildman–Crippen MR) is 51.9 cm³/mol. The summed E-state index contributed by atoms with van der Waals surface area (Å²) >= 11 is 0. The van der Waals surface area contributed by atoms with Gasteiger partial charge in [-0.15, -0.1) is 0 Å². The van der Waals surface area contributed by atoms with Crippen molar-refractivity contribution in [1.29, 1.82) is 0 Å². The first-order valence-corrected chi connectivity index (χ1v) is 4.29. The molecule has 0 fully saturated rings. The first-order valence-electron chi connectivity index (χ1n) is 4.29. The van der Waals surface area contributed by atoms with Crippen LogP contribution in [0.1, 0.15) is 16.7 Å².